The molecule has 0 aliphatic rings. The second-order valence-corrected chi connectivity index (χ2v) is 6.59. The van der Waals surface area contributed by atoms with E-state index in [0.717, 1.165) is 12.0 Å². The van der Waals surface area contributed by atoms with Crippen molar-refractivity contribution in [2.45, 2.75) is 20.3 Å². The van der Waals surface area contributed by atoms with E-state index >= 15 is 0 Å². The summed E-state index contributed by atoms with van der Waals surface area (Å²) < 4.78 is 5.28. The number of nitrogens with one attached hydrogen (secondary N) is 2. The largest absolute Gasteiger partial charge is 0.495 e. The Morgan fingerprint density at radius 1 is 0.966 bits per heavy atom. The van der Waals surface area contributed by atoms with Gasteiger partial charge in [-0.05, 0) is 60.9 Å². The lowest BCUT2D eigenvalue weighted by Gasteiger charge is -2.11. The first-order valence-corrected chi connectivity index (χ1v) is 9.32. The van der Waals surface area contributed by atoms with Gasteiger partial charge < -0.3 is 15.4 Å². The van der Waals surface area contributed by atoms with E-state index in [9.17, 15) is 9.59 Å². The molecule has 3 aromatic rings. The summed E-state index contributed by atoms with van der Waals surface area (Å²) in [6.07, 6.45) is 2.38. The molecule has 2 amide bonds. The molecule has 6 heteroatoms. The smallest absolute Gasteiger partial charge is 0.274 e. The van der Waals surface area contributed by atoms with Crippen LogP contribution in [0.5, 0.6) is 5.75 Å². The number of aromatic nitrogens is 1. The van der Waals surface area contributed by atoms with Gasteiger partial charge in [0.2, 0.25) is 0 Å². The van der Waals surface area contributed by atoms with Crippen molar-refractivity contribution in [3.63, 3.8) is 0 Å². The Kier molecular flexibility index (Phi) is 6.24. The fourth-order valence-corrected chi connectivity index (χ4v) is 2.83. The predicted molar refractivity (Wildman–Crippen MR) is 114 cm³/mol. The highest BCUT2D eigenvalue weighted by molar-refractivity contribution is 6.08. The lowest BCUT2D eigenvalue weighted by Crippen LogP contribution is -2.17. The normalized spacial score (nSPS) is 10.3. The fourth-order valence-electron chi connectivity index (χ4n) is 2.83. The van der Waals surface area contributed by atoms with Gasteiger partial charge in [-0.15, -0.1) is 0 Å². The van der Waals surface area contributed by atoms with Gasteiger partial charge in [0, 0.05) is 17.4 Å². The van der Waals surface area contributed by atoms with Gasteiger partial charge in [0.05, 0.1) is 12.8 Å². The van der Waals surface area contributed by atoms with E-state index in [1.54, 1.807) is 12.1 Å². The molecule has 6 nitrogen and oxygen atoms in total. The molecule has 0 saturated carbocycles. The van der Waals surface area contributed by atoms with Crippen molar-refractivity contribution in [2.24, 2.45) is 0 Å². The van der Waals surface area contributed by atoms with Crippen LogP contribution < -0.4 is 15.4 Å². The highest BCUT2D eigenvalue weighted by Crippen LogP contribution is 2.25. The first-order chi connectivity index (χ1) is 14.0. The van der Waals surface area contributed by atoms with Gasteiger partial charge in [0.25, 0.3) is 11.8 Å². The number of benzene rings is 2. The van der Waals surface area contributed by atoms with Crippen molar-refractivity contribution in [2.75, 3.05) is 17.7 Å². The maximum absolute atomic E-state index is 12.6. The molecule has 0 bridgehead atoms. The SMILES string of the molecule is CCc1ccc(NC(=O)c2ccnc(C(=O)Nc3cc(C)ccc3OC)c2)cc1. The van der Waals surface area contributed by atoms with Gasteiger partial charge in [-0.3, -0.25) is 14.6 Å². The zero-order valence-electron chi connectivity index (χ0n) is 16.7. The maximum Gasteiger partial charge on any atom is 0.274 e. The minimum atomic E-state index is -0.421. The Balaban J connectivity index is 1.75. The summed E-state index contributed by atoms with van der Waals surface area (Å²) in [5.41, 5.74) is 3.90. The van der Waals surface area contributed by atoms with Crippen LogP contribution in [0.15, 0.2) is 60.8 Å². The molecule has 0 unspecified atom stereocenters. The van der Waals surface area contributed by atoms with Gasteiger partial charge >= 0.3 is 0 Å². The summed E-state index contributed by atoms with van der Waals surface area (Å²) in [5.74, 6) is -0.178. The second-order valence-electron chi connectivity index (χ2n) is 6.59. The van der Waals surface area contributed by atoms with Crippen LogP contribution >= 0.6 is 0 Å². The molecule has 29 heavy (non-hydrogen) atoms. The average Bonchev–Trinajstić information content (AvgIpc) is 2.74. The van der Waals surface area contributed by atoms with Crippen molar-refractivity contribution < 1.29 is 14.3 Å². The van der Waals surface area contributed by atoms with Crippen LogP contribution in [0.3, 0.4) is 0 Å². The summed E-state index contributed by atoms with van der Waals surface area (Å²) in [7, 11) is 1.54. The molecule has 0 spiro atoms. The Morgan fingerprint density at radius 3 is 2.41 bits per heavy atom. The molecule has 148 valence electrons. The lowest BCUT2D eigenvalue weighted by molar-refractivity contribution is 0.102. The number of ether oxygens (including phenoxy) is 1. The topological polar surface area (TPSA) is 80.3 Å². The van der Waals surface area contributed by atoms with E-state index in [-0.39, 0.29) is 11.6 Å². The minimum Gasteiger partial charge on any atom is -0.495 e. The number of nitrogens with zero attached hydrogens (tertiary/aromatic N) is 1. The quantitative estimate of drug-likeness (QED) is 0.652. The fraction of sp³-hybridized carbons (Fsp3) is 0.174. The number of hydrogen-bond acceptors (Lipinski definition) is 4. The summed E-state index contributed by atoms with van der Waals surface area (Å²) in [5, 5.41) is 5.62. The van der Waals surface area contributed by atoms with Crippen LogP contribution in [-0.4, -0.2) is 23.9 Å². The molecule has 1 heterocycles. The van der Waals surface area contributed by atoms with E-state index < -0.39 is 5.91 Å². The zero-order valence-corrected chi connectivity index (χ0v) is 16.7. The molecule has 2 aromatic carbocycles. The Morgan fingerprint density at radius 2 is 1.72 bits per heavy atom. The molecular weight excluding hydrogens is 366 g/mol. The molecule has 0 aliphatic heterocycles. The van der Waals surface area contributed by atoms with Crippen molar-refractivity contribution in [1.29, 1.82) is 0 Å². The number of carbonyl (C=O) groups is 2. The molecule has 0 aliphatic carbocycles. The zero-order chi connectivity index (χ0) is 20.8. The molecule has 2 N–H and O–H groups in total. The maximum atomic E-state index is 12.6. The molecule has 0 fully saturated rings. The summed E-state index contributed by atoms with van der Waals surface area (Å²) in [6.45, 7) is 3.99. The predicted octanol–water partition coefficient (Wildman–Crippen LogP) is 4.47. The van der Waals surface area contributed by atoms with Gasteiger partial charge in [-0.2, -0.15) is 0 Å². The third-order valence-corrected chi connectivity index (χ3v) is 4.48. The molecular formula is C23H23N3O3. The number of pyridine rings is 1. The molecule has 0 saturated heterocycles. The highest BCUT2D eigenvalue weighted by Gasteiger charge is 2.14. The number of rotatable bonds is 6. The molecule has 3 rings (SSSR count). The van der Waals surface area contributed by atoms with E-state index in [1.165, 1.54) is 24.9 Å². The summed E-state index contributed by atoms with van der Waals surface area (Å²) in [4.78, 5) is 29.3. The van der Waals surface area contributed by atoms with Gasteiger partial charge in [0.1, 0.15) is 11.4 Å². The van der Waals surface area contributed by atoms with Crippen LogP contribution in [0.4, 0.5) is 11.4 Å². The average molecular weight is 389 g/mol. The third kappa shape index (κ3) is 4.99. The van der Waals surface area contributed by atoms with Crippen LogP contribution in [-0.2, 0) is 6.42 Å². The van der Waals surface area contributed by atoms with Crippen LogP contribution in [0, 0.1) is 6.92 Å². The van der Waals surface area contributed by atoms with Crippen LogP contribution in [0.25, 0.3) is 0 Å². The monoisotopic (exact) mass is 389 g/mol. The number of aryl methyl sites for hydroxylation is 2. The number of anilines is 2. The summed E-state index contributed by atoms with van der Waals surface area (Å²) in [6, 6.07) is 16.2. The van der Waals surface area contributed by atoms with Crippen molar-refractivity contribution in [1.82, 2.24) is 4.98 Å². The number of hydrogen-bond donors (Lipinski definition) is 2. The van der Waals surface area contributed by atoms with Crippen molar-refractivity contribution in [3.8, 4) is 5.75 Å². The van der Waals surface area contributed by atoms with Crippen molar-refractivity contribution >= 4 is 23.2 Å². The van der Waals surface area contributed by atoms with Gasteiger partial charge in [0.15, 0.2) is 0 Å². The Labute approximate surface area is 169 Å². The van der Waals surface area contributed by atoms with Gasteiger partial charge in [-0.1, -0.05) is 25.1 Å². The van der Waals surface area contributed by atoms with Crippen LogP contribution in [0.1, 0.15) is 38.9 Å². The third-order valence-electron chi connectivity index (χ3n) is 4.48. The minimum absolute atomic E-state index is 0.141. The molecule has 0 radical (unpaired) electrons. The number of carbonyl (C=O) groups excluding carboxylic acids is 2. The summed E-state index contributed by atoms with van der Waals surface area (Å²) >= 11 is 0. The number of methoxy groups -OCH3 is 1. The highest BCUT2D eigenvalue weighted by atomic mass is 16.5. The lowest BCUT2D eigenvalue weighted by atomic mass is 10.1. The van der Waals surface area contributed by atoms with Crippen molar-refractivity contribution in [3.05, 3.63) is 83.2 Å². The molecule has 0 atom stereocenters. The van der Waals surface area contributed by atoms with Crippen LogP contribution in [0.2, 0.25) is 0 Å². The Bertz CT molecular complexity index is 1030. The van der Waals surface area contributed by atoms with E-state index in [4.69, 9.17) is 4.74 Å². The Hall–Kier alpha value is -3.67. The standard InChI is InChI=1S/C23H23N3O3/c1-4-16-6-8-18(9-7-16)25-22(27)17-11-12-24-20(14-17)23(28)26-19-13-15(2)5-10-21(19)29-3/h5-14H,4H2,1-3H3,(H,25,27)(H,26,28). The van der Waals surface area contributed by atoms with Gasteiger partial charge in [-0.25, -0.2) is 0 Å². The second kappa shape index (κ2) is 9.01. The first kappa shape index (κ1) is 20.1. The number of amides is 2. The van der Waals surface area contributed by atoms with E-state index in [1.807, 2.05) is 43.3 Å². The molecule has 1 aromatic heterocycles. The van der Waals surface area contributed by atoms with E-state index in [2.05, 4.69) is 22.5 Å². The first-order valence-electron chi connectivity index (χ1n) is 9.32. The van der Waals surface area contributed by atoms with E-state index in [0.29, 0.717) is 22.7 Å².